The molecule has 1 aromatic carbocycles. The van der Waals surface area contributed by atoms with Crippen molar-refractivity contribution in [2.24, 2.45) is 0 Å². The second kappa shape index (κ2) is 6.46. The van der Waals surface area contributed by atoms with Gasteiger partial charge in [0.05, 0.1) is 6.61 Å². The smallest absolute Gasteiger partial charge is 0.0637 e. The van der Waals surface area contributed by atoms with E-state index < -0.39 is 0 Å². The van der Waals surface area contributed by atoms with Crippen LogP contribution in [0.5, 0.6) is 0 Å². The van der Waals surface area contributed by atoms with E-state index in [1.807, 2.05) is 0 Å². The van der Waals surface area contributed by atoms with Gasteiger partial charge in [0, 0.05) is 42.4 Å². The molecule has 2 aliphatic carbocycles. The van der Waals surface area contributed by atoms with Crippen LogP contribution in [0.2, 0.25) is 0 Å². The third-order valence-electron chi connectivity index (χ3n) is 4.03. The second-order valence-electron chi connectivity index (χ2n) is 5.85. The highest BCUT2D eigenvalue weighted by Crippen LogP contribution is 2.35. The number of anilines is 1. The summed E-state index contributed by atoms with van der Waals surface area (Å²) in [6.45, 7) is 2.75. The number of ether oxygens (including phenoxy) is 1. The van der Waals surface area contributed by atoms with Crippen LogP contribution in [-0.4, -0.2) is 32.3 Å². The minimum Gasteiger partial charge on any atom is -0.383 e. The van der Waals surface area contributed by atoms with E-state index in [2.05, 4.69) is 44.3 Å². The maximum atomic E-state index is 5.28. The van der Waals surface area contributed by atoms with Crippen molar-refractivity contribution in [3.05, 3.63) is 28.2 Å². The summed E-state index contributed by atoms with van der Waals surface area (Å²) >= 11 is 3.60. The standard InChI is InChI=1S/C16H23BrN2O/c1-20-9-8-19(15-5-6-15)16-7-2-13(17)10-12(16)11-18-14-3-4-14/h2,7,10,14-15,18H,3-6,8-9,11H2,1H3. The van der Waals surface area contributed by atoms with Crippen molar-refractivity contribution in [1.82, 2.24) is 5.32 Å². The van der Waals surface area contributed by atoms with E-state index in [1.165, 1.54) is 36.9 Å². The molecule has 0 bridgehead atoms. The molecule has 0 amide bonds. The fourth-order valence-corrected chi connectivity index (χ4v) is 3.00. The Morgan fingerprint density at radius 3 is 2.75 bits per heavy atom. The van der Waals surface area contributed by atoms with E-state index in [1.54, 1.807) is 7.11 Å². The molecule has 0 atom stereocenters. The van der Waals surface area contributed by atoms with Crippen LogP contribution in [-0.2, 0) is 11.3 Å². The van der Waals surface area contributed by atoms with E-state index in [0.29, 0.717) is 6.04 Å². The molecule has 20 heavy (non-hydrogen) atoms. The topological polar surface area (TPSA) is 24.5 Å². The summed E-state index contributed by atoms with van der Waals surface area (Å²) in [6.07, 6.45) is 5.29. The van der Waals surface area contributed by atoms with Gasteiger partial charge in [0.2, 0.25) is 0 Å². The number of hydrogen-bond acceptors (Lipinski definition) is 3. The molecule has 0 aromatic heterocycles. The number of hydrogen-bond donors (Lipinski definition) is 1. The van der Waals surface area contributed by atoms with Gasteiger partial charge in [0.15, 0.2) is 0 Å². The third kappa shape index (κ3) is 3.74. The van der Waals surface area contributed by atoms with Gasteiger partial charge >= 0.3 is 0 Å². The maximum absolute atomic E-state index is 5.28. The normalized spacial score (nSPS) is 18.3. The van der Waals surface area contributed by atoms with Crippen LogP contribution in [0.4, 0.5) is 5.69 Å². The largest absolute Gasteiger partial charge is 0.383 e. The van der Waals surface area contributed by atoms with Gasteiger partial charge in [-0.25, -0.2) is 0 Å². The van der Waals surface area contributed by atoms with Gasteiger partial charge in [-0.1, -0.05) is 15.9 Å². The molecule has 2 saturated carbocycles. The molecule has 1 aromatic rings. The number of nitrogens with one attached hydrogen (secondary N) is 1. The van der Waals surface area contributed by atoms with E-state index >= 15 is 0 Å². The van der Waals surface area contributed by atoms with E-state index in [4.69, 9.17) is 4.74 Å². The van der Waals surface area contributed by atoms with Gasteiger partial charge in [0.1, 0.15) is 0 Å². The highest BCUT2D eigenvalue weighted by atomic mass is 79.9. The van der Waals surface area contributed by atoms with Gasteiger partial charge in [-0.15, -0.1) is 0 Å². The Morgan fingerprint density at radius 2 is 2.10 bits per heavy atom. The molecule has 1 N–H and O–H groups in total. The van der Waals surface area contributed by atoms with Crippen molar-refractivity contribution < 1.29 is 4.74 Å². The summed E-state index contributed by atoms with van der Waals surface area (Å²) in [5.41, 5.74) is 2.77. The zero-order chi connectivity index (χ0) is 13.9. The Kier molecular flexibility index (Phi) is 4.64. The minimum absolute atomic E-state index is 0.714. The first-order chi connectivity index (χ1) is 9.78. The van der Waals surface area contributed by atoms with Gasteiger partial charge in [0.25, 0.3) is 0 Å². The molecule has 4 heteroatoms. The predicted octanol–water partition coefficient (Wildman–Crippen LogP) is 3.32. The van der Waals surface area contributed by atoms with E-state index in [-0.39, 0.29) is 0 Å². The van der Waals surface area contributed by atoms with Gasteiger partial charge in [-0.3, -0.25) is 0 Å². The molecule has 2 aliphatic rings. The van der Waals surface area contributed by atoms with Crippen LogP contribution in [0.1, 0.15) is 31.2 Å². The van der Waals surface area contributed by atoms with Crippen LogP contribution in [0.3, 0.4) is 0 Å². The highest BCUT2D eigenvalue weighted by Gasteiger charge is 2.30. The average Bonchev–Trinajstić information content (AvgIpc) is 3.32. The molecular weight excluding hydrogens is 316 g/mol. The fraction of sp³-hybridized carbons (Fsp3) is 0.625. The number of halogens is 1. The molecule has 110 valence electrons. The quantitative estimate of drug-likeness (QED) is 0.786. The summed E-state index contributed by atoms with van der Waals surface area (Å²) in [5.74, 6) is 0. The van der Waals surface area contributed by atoms with Gasteiger partial charge < -0.3 is 15.0 Å². The Bertz CT molecular complexity index is 458. The predicted molar refractivity (Wildman–Crippen MR) is 86.2 cm³/mol. The molecule has 0 saturated heterocycles. The zero-order valence-electron chi connectivity index (χ0n) is 12.1. The molecule has 2 fully saturated rings. The monoisotopic (exact) mass is 338 g/mol. The van der Waals surface area contributed by atoms with Crippen LogP contribution in [0.25, 0.3) is 0 Å². The average molecular weight is 339 g/mol. The first-order valence-electron chi connectivity index (χ1n) is 7.55. The number of nitrogens with zero attached hydrogens (tertiary/aromatic N) is 1. The van der Waals surface area contributed by atoms with Crippen LogP contribution in [0.15, 0.2) is 22.7 Å². The molecule has 0 aliphatic heterocycles. The Hall–Kier alpha value is -0.580. The number of benzene rings is 1. The summed E-state index contributed by atoms with van der Waals surface area (Å²) in [6, 6.07) is 8.12. The van der Waals surface area contributed by atoms with Crippen molar-refractivity contribution in [3.8, 4) is 0 Å². The van der Waals surface area contributed by atoms with Crippen molar-refractivity contribution >= 4 is 21.6 Å². The molecule has 3 rings (SSSR count). The van der Waals surface area contributed by atoms with Crippen LogP contribution >= 0.6 is 15.9 Å². The summed E-state index contributed by atoms with van der Waals surface area (Å²) in [4.78, 5) is 2.53. The number of methoxy groups -OCH3 is 1. The third-order valence-corrected chi connectivity index (χ3v) is 4.53. The lowest BCUT2D eigenvalue weighted by Crippen LogP contribution is -2.31. The highest BCUT2D eigenvalue weighted by molar-refractivity contribution is 9.10. The Labute approximate surface area is 129 Å². The van der Waals surface area contributed by atoms with Crippen molar-refractivity contribution in [2.75, 3.05) is 25.2 Å². The van der Waals surface area contributed by atoms with E-state index in [9.17, 15) is 0 Å². The molecular formula is C16H23BrN2O. The lowest BCUT2D eigenvalue weighted by atomic mass is 10.1. The minimum atomic E-state index is 0.714. The maximum Gasteiger partial charge on any atom is 0.0637 e. The second-order valence-corrected chi connectivity index (χ2v) is 6.76. The van der Waals surface area contributed by atoms with Gasteiger partial charge in [-0.2, -0.15) is 0 Å². The van der Waals surface area contributed by atoms with Crippen LogP contribution in [0, 0.1) is 0 Å². The van der Waals surface area contributed by atoms with E-state index in [0.717, 1.165) is 30.2 Å². The fourth-order valence-electron chi connectivity index (χ4n) is 2.59. The molecule has 0 unspecified atom stereocenters. The first-order valence-corrected chi connectivity index (χ1v) is 8.34. The Balaban J connectivity index is 1.77. The van der Waals surface area contributed by atoms with Gasteiger partial charge in [-0.05, 0) is 49.4 Å². The summed E-state index contributed by atoms with van der Waals surface area (Å²) < 4.78 is 6.44. The van der Waals surface area contributed by atoms with Crippen LogP contribution < -0.4 is 10.2 Å². The SMILES string of the molecule is COCCN(c1ccc(Br)cc1CNC1CC1)C1CC1. The first kappa shape index (κ1) is 14.4. The number of rotatable bonds is 8. The zero-order valence-corrected chi connectivity index (χ0v) is 13.7. The molecule has 0 heterocycles. The molecule has 3 nitrogen and oxygen atoms in total. The van der Waals surface area contributed by atoms with Crippen molar-refractivity contribution in [3.63, 3.8) is 0 Å². The summed E-state index contributed by atoms with van der Waals surface area (Å²) in [7, 11) is 1.78. The molecule has 0 spiro atoms. The summed E-state index contributed by atoms with van der Waals surface area (Å²) in [5, 5.41) is 3.63. The van der Waals surface area contributed by atoms with Crippen molar-refractivity contribution in [2.45, 2.75) is 44.3 Å². The lowest BCUT2D eigenvalue weighted by Gasteiger charge is -2.27. The molecule has 0 radical (unpaired) electrons. The lowest BCUT2D eigenvalue weighted by molar-refractivity contribution is 0.205. The van der Waals surface area contributed by atoms with Crippen molar-refractivity contribution in [1.29, 1.82) is 0 Å². The Morgan fingerprint density at radius 1 is 1.30 bits per heavy atom.